The van der Waals surface area contributed by atoms with E-state index in [1.165, 1.54) is 44.9 Å². The van der Waals surface area contributed by atoms with E-state index in [1.54, 1.807) is 4.47 Å². The molecule has 0 saturated carbocycles. The zero-order chi connectivity index (χ0) is 9.94. The second kappa shape index (κ2) is 10.3. The van der Waals surface area contributed by atoms with Crippen LogP contribution in [0.1, 0.15) is 58.8 Å². The molecule has 0 nitrogen and oxygen atoms in total. The molecule has 0 unspecified atom stereocenters. The second-order valence-corrected chi connectivity index (χ2v) is 5.78. The molecule has 0 N–H and O–H groups in total. The van der Waals surface area contributed by atoms with Crippen molar-refractivity contribution >= 4 is 15.0 Å². The predicted octanol–water partition coefficient (Wildman–Crippen LogP) is 4.39. The maximum atomic E-state index is 2.43. The van der Waals surface area contributed by atoms with Crippen molar-refractivity contribution in [2.24, 2.45) is 0 Å². The quantitative estimate of drug-likeness (QED) is 0.440. The van der Waals surface area contributed by atoms with E-state index in [4.69, 9.17) is 0 Å². The van der Waals surface area contributed by atoms with Crippen molar-refractivity contribution in [2.75, 3.05) is 0 Å². The number of hydrogen-bond acceptors (Lipinski definition) is 0. The van der Waals surface area contributed by atoms with E-state index in [-0.39, 0.29) is 0 Å². The van der Waals surface area contributed by atoms with E-state index < -0.39 is 0 Å². The van der Waals surface area contributed by atoms with Gasteiger partial charge in [-0.15, -0.1) is 0 Å². The summed E-state index contributed by atoms with van der Waals surface area (Å²) in [5, 5.41) is 0. The topological polar surface area (TPSA) is 0 Å². The average molecular weight is 247 g/mol. The molecule has 0 heterocycles. The van der Waals surface area contributed by atoms with Crippen LogP contribution in [0.25, 0.3) is 0 Å². The summed E-state index contributed by atoms with van der Waals surface area (Å²) in [6.45, 7) is 4.53. The van der Waals surface area contributed by atoms with E-state index in [0.717, 1.165) is 15.0 Å². The van der Waals surface area contributed by atoms with E-state index in [2.05, 4.69) is 25.7 Å². The summed E-state index contributed by atoms with van der Waals surface area (Å²) in [6.07, 6.45) is 12.2. The molecule has 0 aliphatic carbocycles. The Bertz CT molecular complexity index is 127. The fraction of sp³-hybridized carbons (Fsp3) is 0.833. The molecule has 0 radical (unpaired) electrons. The Balaban J connectivity index is 3.08. The van der Waals surface area contributed by atoms with Crippen molar-refractivity contribution in [3.05, 3.63) is 10.5 Å². The standard InChI is InChI=1S/C12H24Se/c1-4-5-6-7-8-9-10-11-12(2)13-3/h11H,4-10H2,1-3H3. The van der Waals surface area contributed by atoms with Crippen LogP contribution in [0.5, 0.6) is 0 Å². The van der Waals surface area contributed by atoms with Crippen LogP contribution in [-0.4, -0.2) is 15.0 Å². The van der Waals surface area contributed by atoms with Crippen molar-refractivity contribution in [2.45, 2.75) is 64.6 Å². The summed E-state index contributed by atoms with van der Waals surface area (Å²) in [4.78, 5) is 0. The van der Waals surface area contributed by atoms with E-state index in [1.807, 2.05) is 0 Å². The van der Waals surface area contributed by atoms with Gasteiger partial charge in [0.05, 0.1) is 0 Å². The summed E-state index contributed by atoms with van der Waals surface area (Å²) in [5.74, 6) is 2.29. The van der Waals surface area contributed by atoms with Gasteiger partial charge in [-0.2, -0.15) is 0 Å². The van der Waals surface area contributed by atoms with Gasteiger partial charge in [-0.3, -0.25) is 0 Å². The number of rotatable bonds is 8. The van der Waals surface area contributed by atoms with Crippen LogP contribution in [-0.2, 0) is 0 Å². The van der Waals surface area contributed by atoms with Crippen molar-refractivity contribution in [1.82, 2.24) is 0 Å². The molecule has 0 fully saturated rings. The molecule has 1 heteroatoms. The average Bonchev–Trinajstić information content (AvgIpc) is 2.16. The molecule has 0 aliphatic rings. The monoisotopic (exact) mass is 248 g/mol. The van der Waals surface area contributed by atoms with Gasteiger partial charge in [-0.05, 0) is 0 Å². The minimum atomic E-state index is 0.738. The summed E-state index contributed by atoms with van der Waals surface area (Å²) < 4.78 is 1.61. The predicted molar refractivity (Wildman–Crippen MR) is 63.4 cm³/mol. The van der Waals surface area contributed by atoms with Gasteiger partial charge >= 0.3 is 90.1 Å². The van der Waals surface area contributed by atoms with Gasteiger partial charge in [-0.25, -0.2) is 0 Å². The molecule has 0 saturated heterocycles. The van der Waals surface area contributed by atoms with Crippen molar-refractivity contribution in [3.63, 3.8) is 0 Å². The first-order valence-corrected chi connectivity index (χ1v) is 8.09. The normalized spacial score (nSPS) is 12.1. The molecular weight excluding hydrogens is 223 g/mol. The van der Waals surface area contributed by atoms with Gasteiger partial charge in [0, 0.05) is 0 Å². The molecule has 0 aromatic carbocycles. The number of allylic oxidation sites excluding steroid dienone is 2. The SMILES string of the molecule is CCCCCCCCC=C(C)[Se]C. The second-order valence-electron chi connectivity index (χ2n) is 3.58. The van der Waals surface area contributed by atoms with Gasteiger partial charge in [0.25, 0.3) is 0 Å². The third-order valence-corrected chi connectivity index (χ3v) is 4.01. The Morgan fingerprint density at radius 1 is 1.08 bits per heavy atom. The van der Waals surface area contributed by atoms with Crippen LogP contribution in [0, 0.1) is 0 Å². The van der Waals surface area contributed by atoms with Crippen LogP contribution in [0.15, 0.2) is 10.5 Å². The first-order chi connectivity index (χ1) is 6.31. The molecule has 0 spiro atoms. The number of unbranched alkanes of at least 4 members (excludes halogenated alkanes) is 6. The molecule has 0 aromatic rings. The molecule has 0 rings (SSSR count). The molecule has 0 aliphatic heterocycles. The van der Waals surface area contributed by atoms with Crippen molar-refractivity contribution < 1.29 is 0 Å². The van der Waals surface area contributed by atoms with Gasteiger partial charge in [0.2, 0.25) is 0 Å². The Hall–Kier alpha value is 0.259. The molecule has 0 amide bonds. The Morgan fingerprint density at radius 3 is 2.31 bits per heavy atom. The summed E-state index contributed by atoms with van der Waals surface area (Å²) in [6, 6.07) is 0. The van der Waals surface area contributed by atoms with Gasteiger partial charge in [0.1, 0.15) is 0 Å². The van der Waals surface area contributed by atoms with Crippen LogP contribution in [0.3, 0.4) is 0 Å². The van der Waals surface area contributed by atoms with E-state index >= 15 is 0 Å². The summed E-state index contributed by atoms with van der Waals surface area (Å²) in [7, 11) is 0. The molecule has 13 heavy (non-hydrogen) atoms. The Morgan fingerprint density at radius 2 is 1.69 bits per heavy atom. The first-order valence-electron chi connectivity index (χ1n) is 5.52. The van der Waals surface area contributed by atoms with Crippen LogP contribution in [0.2, 0.25) is 5.82 Å². The zero-order valence-electron chi connectivity index (χ0n) is 9.44. The Kier molecular flexibility index (Phi) is 10.5. The molecule has 78 valence electrons. The van der Waals surface area contributed by atoms with E-state index in [9.17, 15) is 0 Å². The molecule has 0 aromatic heterocycles. The van der Waals surface area contributed by atoms with E-state index in [0.29, 0.717) is 0 Å². The van der Waals surface area contributed by atoms with Crippen LogP contribution < -0.4 is 0 Å². The third-order valence-electron chi connectivity index (χ3n) is 2.31. The Labute approximate surface area is 90.3 Å². The van der Waals surface area contributed by atoms with Crippen molar-refractivity contribution in [1.29, 1.82) is 0 Å². The minimum absolute atomic E-state index is 0.738. The summed E-state index contributed by atoms with van der Waals surface area (Å²) in [5.41, 5.74) is 0. The molecule has 0 atom stereocenters. The third kappa shape index (κ3) is 10.2. The number of hydrogen-bond donors (Lipinski definition) is 0. The zero-order valence-corrected chi connectivity index (χ0v) is 11.1. The van der Waals surface area contributed by atoms with Crippen LogP contribution in [0.4, 0.5) is 0 Å². The van der Waals surface area contributed by atoms with Crippen LogP contribution >= 0.6 is 0 Å². The summed E-state index contributed by atoms with van der Waals surface area (Å²) >= 11 is 0.738. The van der Waals surface area contributed by atoms with Crippen molar-refractivity contribution in [3.8, 4) is 0 Å². The molecular formula is C12H24Se. The van der Waals surface area contributed by atoms with Gasteiger partial charge < -0.3 is 0 Å². The first kappa shape index (κ1) is 13.3. The molecule has 0 bridgehead atoms. The van der Waals surface area contributed by atoms with Gasteiger partial charge in [-0.1, -0.05) is 0 Å². The fourth-order valence-electron chi connectivity index (χ4n) is 1.31. The van der Waals surface area contributed by atoms with Gasteiger partial charge in [0.15, 0.2) is 0 Å². The maximum absolute atomic E-state index is 2.43. The fourth-order valence-corrected chi connectivity index (χ4v) is 1.91.